The zero-order valence-electron chi connectivity index (χ0n) is 14.0. The molecule has 0 aliphatic carbocycles. The number of benzene rings is 2. The smallest absolute Gasteiger partial charge is 0.256 e. The van der Waals surface area contributed by atoms with Gasteiger partial charge in [0.15, 0.2) is 0 Å². The van der Waals surface area contributed by atoms with E-state index < -0.39 is 0 Å². The summed E-state index contributed by atoms with van der Waals surface area (Å²) in [4.78, 5) is 18.8. The van der Waals surface area contributed by atoms with E-state index >= 15 is 0 Å². The first-order chi connectivity index (χ1) is 12.3. The number of hydrogen-bond acceptors (Lipinski definition) is 2. The third-order valence-electron chi connectivity index (χ3n) is 4.84. The van der Waals surface area contributed by atoms with Gasteiger partial charge in [-0.1, -0.05) is 60.7 Å². The van der Waals surface area contributed by atoms with Gasteiger partial charge in [0, 0.05) is 18.7 Å². The van der Waals surface area contributed by atoms with Gasteiger partial charge >= 0.3 is 0 Å². The molecular formula is C22H20N2O. The number of fused-ring (bicyclic) bond motifs is 1. The molecule has 2 heterocycles. The molecule has 3 nitrogen and oxygen atoms in total. The minimum atomic E-state index is 0.1000. The van der Waals surface area contributed by atoms with Crippen molar-refractivity contribution < 1.29 is 4.79 Å². The van der Waals surface area contributed by atoms with Crippen LogP contribution in [0.25, 0.3) is 0 Å². The van der Waals surface area contributed by atoms with E-state index in [-0.39, 0.29) is 11.8 Å². The largest absolute Gasteiger partial charge is 0.333 e. The maximum atomic E-state index is 12.6. The fourth-order valence-corrected chi connectivity index (χ4v) is 3.54. The van der Waals surface area contributed by atoms with E-state index in [2.05, 4.69) is 53.5 Å². The molecule has 3 aromatic rings. The maximum absolute atomic E-state index is 12.6. The van der Waals surface area contributed by atoms with Crippen molar-refractivity contribution in [3.05, 3.63) is 101 Å². The first-order valence-electron chi connectivity index (χ1n) is 8.66. The lowest BCUT2D eigenvalue weighted by atomic mass is 9.88. The summed E-state index contributed by atoms with van der Waals surface area (Å²) >= 11 is 0. The SMILES string of the molecule is O=C1c2cccnc2CN1CCC(c1ccccc1)c1ccccc1. The molecule has 0 saturated heterocycles. The summed E-state index contributed by atoms with van der Waals surface area (Å²) in [6.07, 6.45) is 2.65. The predicted molar refractivity (Wildman–Crippen MR) is 98.3 cm³/mol. The minimum absolute atomic E-state index is 0.1000. The summed E-state index contributed by atoms with van der Waals surface area (Å²) in [7, 11) is 0. The van der Waals surface area contributed by atoms with Gasteiger partial charge in [-0.15, -0.1) is 0 Å². The van der Waals surface area contributed by atoms with Gasteiger partial charge in [-0.2, -0.15) is 0 Å². The van der Waals surface area contributed by atoms with E-state index in [1.54, 1.807) is 6.20 Å². The Hall–Kier alpha value is -2.94. The molecular weight excluding hydrogens is 308 g/mol. The molecule has 2 aromatic carbocycles. The van der Waals surface area contributed by atoms with Crippen molar-refractivity contribution in [3.63, 3.8) is 0 Å². The van der Waals surface area contributed by atoms with Crippen LogP contribution in [-0.2, 0) is 6.54 Å². The van der Waals surface area contributed by atoms with Crippen molar-refractivity contribution in [2.45, 2.75) is 18.9 Å². The Morgan fingerprint density at radius 3 is 2.12 bits per heavy atom. The van der Waals surface area contributed by atoms with Gasteiger partial charge < -0.3 is 4.90 Å². The van der Waals surface area contributed by atoms with Crippen LogP contribution in [0.3, 0.4) is 0 Å². The molecule has 0 saturated carbocycles. The van der Waals surface area contributed by atoms with Gasteiger partial charge in [-0.05, 0) is 29.7 Å². The van der Waals surface area contributed by atoms with Crippen molar-refractivity contribution in [1.82, 2.24) is 9.88 Å². The van der Waals surface area contributed by atoms with E-state index in [0.717, 1.165) is 24.2 Å². The van der Waals surface area contributed by atoms with Gasteiger partial charge in [0.1, 0.15) is 0 Å². The quantitative estimate of drug-likeness (QED) is 0.701. The molecule has 0 atom stereocenters. The Bertz CT molecular complexity index is 822. The second-order valence-electron chi connectivity index (χ2n) is 6.39. The molecule has 1 aliphatic rings. The molecule has 4 rings (SSSR count). The molecule has 0 unspecified atom stereocenters. The lowest BCUT2D eigenvalue weighted by Crippen LogP contribution is -2.26. The van der Waals surface area contributed by atoms with E-state index in [4.69, 9.17) is 0 Å². The van der Waals surface area contributed by atoms with Crippen LogP contribution >= 0.6 is 0 Å². The summed E-state index contributed by atoms with van der Waals surface area (Å²) in [6, 6.07) is 24.7. The molecule has 3 heteroatoms. The van der Waals surface area contributed by atoms with Crippen LogP contribution in [0.2, 0.25) is 0 Å². The highest BCUT2D eigenvalue weighted by atomic mass is 16.2. The fraction of sp³-hybridized carbons (Fsp3) is 0.182. The van der Waals surface area contributed by atoms with Crippen molar-refractivity contribution in [3.8, 4) is 0 Å². The summed E-state index contributed by atoms with van der Waals surface area (Å²) in [5.74, 6) is 0.384. The van der Waals surface area contributed by atoms with Gasteiger partial charge in [0.2, 0.25) is 0 Å². The number of hydrogen-bond donors (Lipinski definition) is 0. The van der Waals surface area contributed by atoms with Gasteiger partial charge in [0.25, 0.3) is 5.91 Å². The van der Waals surface area contributed by atoms with E-state index in [9.17, 15) is 4.79 Å². The second kappa shape index (κ2) is 6.89. The van der Waals surface area contributed by atoms with Crippen molar-refractivity contribution in [1.29, 1.82) is 0 Å². The van der Waals surface area contributed by atoms with Crippen LogP contribution < -0.4 is 0 Å². The zero-order valence-corrected chi connectivity index (χ0v) is 14.0. The maximum Gasteiger partial charge on any atom is 0.256 e. The normalized spacial score (nSPS) is 13.3. The number of amides is 1. The zero-order chi connectivity index (χ0) is 17.1. The number of carbonyl (C=O) groups excluding carboxylic acids is 1. The highest BCUT2D eigenvalue weighted by molar-refractivity contribution is 5.97. The Balaban J connectivity index is 1.54. The first-order valence-corrected chi connectivity index (χ1v) is 8.66. The van der Waals surface area contributed by atoms with E-state index in [0.29, 0.717) is 6.54 Å². The Morgan fingerprint density at radius 2 is 1.52 bits per heavy atom. The summed E-state index contributed by atoms with van der Waals surface area (Å²) in [6.45, 7) is 1.34. The molecule has 0 fully saturated rings. The van der Waals surface area contributed by atoms with Crippen LogP contribution in [0, 0.1) is 0 Å². The van der Waals surface area contributed by atoms with Gasteiger partial charge in [0.05, 0.1) is 17.8 Å². The van der Waals surface area contributed by atoms with Crippen LogP contribution in [0.1, 0.15) is 39.5 Å². The summed E-state index contributed by atoms with van der Waals surface area (Å²) < 4.78 is 0. The highest BCUT2D eigenvalue weighted by Gasteiger charge is 2.28. The third kappa shape index (κ3) is 3.18. The average molecular weight is 328 g/mol. The number of aromatic nitrogens is 1. The van der Waals surface area contributed by atoms with Crippen LogP contribution in [0.15, 0.2) is 79.0 Å². The highest BCUT2D eigenvalue weighted by Crippen LogP contribution is 2.29. The Kier molecular flexibility index (Phi) is 4.30. The molecule has 0 N–H and O–H groups in total. The number of carbonyl (C=O) groups is 1. The molecule has 0 radical (unpaired) electrons. The molecule has 0 spiro atoms. The second-order valence-corrected chi connectivity index (χ2v) is 6.39. The van der Waals surface area contributed by atoms with Crippen LogP contribution in [0.4, 0.5) is 0 Å². The van der Waals surface area contributed by atoms with Crippen molar-refractivity contribution in [2.24, 2.45) is 0 Å². The standard InChI is InChI=1S/C22H20N2O/c25-22-20-12-7-14-23-21(20)16-24(22)15-13-19(17-8-3-1-4-9-17)18-10-5-2-6-11-18/h1-12,14,19H,13,15-16H2. The molecule has 124 valence electrons. The Morgan fingerprint density at radius 1 is 0.880 bits per heavy atom. The van der Waals surface area contributed by atoms with E-state index in [1.165, 1.54) is 11.1 Å². The lowest BCUT2D eigenvalue weighted by Gasteiger charge is -2.22. The van der Waals surface area contributed by atoms with Gasteiger partial charge in [-0.25, -0.2) is 0 Å². The summed E-state index contributed by atoms with van der Waals surface area (Å²) in [5, 5.41) is 0. The average Bonchev–Trinajstić information content (AvgIpc) is 3.00. The topological polar surface area (TPSA) is 33.2 Å². The minimum Gasteiger partial charge on any atom is -0.333 e. The van der Waals surface area contributed by atoms with Crippen molar-refractivity contribution in [2.75, 3.05) is 6.54 Å². The number of nitrogens with zero attached hydrogens (tertiary/aromatic N) is 2. The first kappa shape index (κ1) is 15.6. The molecule has 1 aromatic heterocycles. The molecule has 25 heavy (non-hydrogen) atoms. The van der Waals surface area contributed by atoms with Gasteiger partial charge in [-0.3, -0.25) is 9.78 Å². The molecule has 0 bridgehead atoms. The number of rotatable bonds is 5. The molecule has 1 amide bonds. The Labute approximate surface area is 148 Å². The summed E-state index contributed by atoms with van der Waals surface area (Å²) in [5.41, 5.74) is 4.22. The van der Waals surface area contributed by atoms with Crippen LogP contribution in [-0.4, -0.2) is 22.3 Å². The number of pyridine rings is 1. The van der Waals surface area contributed by atoms with E-state index in [1.807, 2.05) is 29.2 Å². The third-order valence-corrected chi connectivity index (χ3v) is 4.84. The fourth-order valence-electron chi connectivity index (χ4n) is 3.54. The van der Waals surface area contributed by atoms with Crippen molar-refractivity contribution >= 4 is 5.91 Å². The predicted octanol–water partition coefficient (Wildman–Crippen LogP) is 4.26. The monoisotopic (exact) mass is 328 g/mol. The molecule has 1 aliphatic heterocycles. The lowest BCUT2D eigenvalue weighted by molar-refractivity contribution is 0.0774. The van der Waals surface area contributed by atoms with Crippen LogP contribution in [0.5, 0.6) is 0 Å².